The fraction of sp³-hybridized carbons (Fsp3) is 0.417. The molecule has 0 aliphatic carbocycles. The lowest BCUT2D eigenvalue weighted by atomic mass is 10.1. The minimum atomic E-state index is 0.00833. The second-order valence-electron chi connectivity index (χ2n) is 4.50. The van der Waals surface area contributed by atoms with Gasteiger partial charge in [-0.15, -0.1) is 10.2 Å². The van der Waals surface area contributed by atoms with Crippen molar-refractivity contribution in [3.63, 3.8) is 0 Å². The summed E-state index contributed by atoms with van der Waals surface area (Å²) in [6.07, 6.45) is 6.90. The van der Waals surface area contributed by atoms with Gasteiger partial charge in [-0.1, -0.05) is 11.6 Å². The first-order chi connectivity index (χ1) is 9.24. The van der Waals surface area contributed by atoms with E-state index in [0.717, 1.165) is 37.0 Å². The van der Waals surface area contributed by atoms with Crippen LogP contribution in [0.1, 0.15) is 25.5 Å². The van der Waals surface area contributed by atoms with Crippen LogP contribution in [0.4, 0.5) is 5.82 Å². The van der Waals surface area contributed by atoms with E-state index in [4.69, 9.17) is 22.1 Å². The van der Waals surface area contributed by atoms with Crippen molar-refractivity contribution in [1.29, 1.82) is 0 Å². The first-order valence-electron chi connectivity index (χ1n) is 6.19. The number of hydrogen-bond acceptors (Lipinski definition) is 5. The van der Waals surface area contributed by atoms with Gasteiger partial charge in [0.05, 0.1) is 6.20 Å². The quantitative estimate of drug-likeness (QED) is 0.912. The van der Waals surface area contributed by atoms with Crippen LogP contribution in [0.5, 0.6) is 0 Å². The van der Waals surface area contributed by atoms with Gasteiger partial charge in [-0.05, 0) is 25.3 Å². The van der Waals surface area contributed by atoms with Crippen molar-refractivity contribution in [3.8, 4) is 11.1 Å². The smallest absolute Gasteiger partial charge is 0.154 e. The standard InChI is InChI=1S/C12H14ClN5O/c13-10-5-9(12(14)17-16-10)8-6-15-18(7-8)11-3-1-2-4-19-11/h5-7,11H,1-4H2,(H2,14,17). The Morgan fingerprint density at radius 2 is 2.26 bits per heavy atom. The highest BCUT2D eigenvalue weighted by molar-refractivity contribution is 6.29. The van der Waals surface area contributed by atoms with Crippen LogP contribution in [-0.2, 0) is 4.74 Å². The third-order valence-electron chi connectivity index (χ3n) is 3.16. The van der Waals surface area contributed by atoms with Crippen LogP contribution in [0.25, 0.3) is 11.1 Å². The molecule has 0 aromatic carbocycles. The van der Waals surface area contributed by atoms with Gasteiger partial charge >= 0.3 is 0 Å². The van der Waals surface area contributed by atoms with Gasteiger partial charge in [0, 0.05) is 23.9 Å². The van der Waals surface area contributed by atoms with Gasteiger partial charge < -0.3 is 10.5 Å². The Bertz CT molecular complexity index is 579. The van der Waals surface area contributed by atoms with Crippen molar-refractivity contribution in [2.24, 2.45) is 0 Å². The Kier molecular flexibility index (Phi) is 3.35. The van der Waals surface area contributed by atoms with Crippen molar-refractivity contribution in [2.75, 3.05) is 12.3 Å². The molecule has 0 spiro atoms. The van der Waals surface area contributed by atoms with Gasteiger partial charge in [-0.25, -0.2) is 4.68 Å². The molecule has 3 heterocycles. The minimum Gasteiger partial charge on any atom is -0.382 e. The number of aromatic nitrogens is 4. The lowest BCUT2D eigenvalue weighted by Gasteiger charge is -2.22. The summed E-state index contributed by atoms with van der Waals surface area (Å²) >= 11 is 5.84. The molecule has 1 atom stereocenters. The van der Waals surface area contributed by atoms with Crippen molar-refractivity contribution in [1.82, 2.24) is 20.0 Å². The SMILES string of the molecule is Nc1nnc(Cl)cc1-c1cnn(C2CCCCO2)c1. The first kappa shape index (κ1) is 12.4. The summed E-state index contributed by atoms with van der Waals surface area (Å²) < 4.78 is 7.50. The molecule has 1 saturated heterocycles. The van der Waals surface area contributed by atoms with Crippen LogP contribution >= 0.6 is 11.6 Å². The molecular weight excluding hydrogens is 266 g/mol. The van der Waals surface area contributed by atoms with E-state index in [2.05, 4.69) is 15.3 Å². The number of rotatable bonds is 2. The Balaban J connectivity index is 1.89. The van der Waals surface area contributed by atoms with Crippen LogP contribution in [0.2, 0.25) is 5.15 Å². The van der Waals surface area contributed by atoms with Crippen molar-refractivity contribution < 1.29 is 4.74 Å². The van der Waals surface area contributed by atoms with Gasteiger partial charge in [0.1, 0.15) is 6.23 Å². The fourth-order valence-corrected chi connectivity index (χ4v) is 2.32. The van der Waals surface area contributed by atoms with Gasteiger partial charge in [-0.2, -0.15) is 5.10 Å². The maximum absolute atomic E-state index is 5.84. The molecule has 0 saturated carbocycles. The summed E-state index contributed by atoms with van der Waals surface area (Å²) in [6, 6.07) is 1.69. The largest absolute Gasteiger partial charge is 0.382 e. The first-order valence-corrected chi connectivity index (χ1v) is 6.56. The lowest BCUT2D eigenvalue weighted by Crippen LogP contribution is -2.18. The van der Waals surface area contributed by atoms with Crippen LogP contribution < -0.4 is 5.73 Å². The number of anilines is 1. The van der Waals surface area contributed by atoms with Gasteiger partial charge in [0.25, 0.3) is 0 Å². The number of hydrogen-bond donors (Lipinski definition) is 1. The minimum absolute atomic E-state index is 0.00833. The lowest BCUT2D eigenvalue weighted by molar-refractivity contribution is -0.0394. The summed E-state index contributed by atoms with van der Waals surface area (Å²) in [5.74, 6) is 0.341. The van der Waals surface area contributed by atoms with E-state index in [1.54, 1.807) is 12.3 Å². The third-order valence-corrected chi connectivity index (χ3v) is 3.34. The highest BCUT2D eigenvalue weighted by Gasteiger charge is 2.17. The number of nitrogens with two attached hydrogens (primary N) is 1. The van der Waals surface area contributed by atoms with Crippen molar-refractivity contribution in [3.05, 3.63) is 23.6 Å². The summed E-state index contributed by atoms with van der Waals surface area (Å²) in [7, 11) is 0. The van der Waals surface area contributed by atoms with E-state index >= 15 is 0 Å². The zero-order valence-corrected chi connectivity index (χ0v) is 11.0. The molecule has 1 aliphatic heterocycles. The monoisotopic (exact) mass is 279 g/mol. The molecule has 2 aromatic rings. The van der Waals surface area contributed by atoms with Crippen LogP contribution in [0, 0.1) is 0 Å². The number of nitrogen functional groups attached to an aromatic ring is 1. The molecule has 2 aromatic heterocycles. The van der Waals surface area contributed by atoms with Crippen LogP contribution in [-0.4, -0.2) is 26.6 Å². The highest BCUT2D eigenvalue weighted by atomic mass is 35.5. The maximum Gasteiger partial charge on any atom is 0.154 e. The number of ether oxygens (including phenoxy) is 1. The van der Waals surface area contributed by atoms with E-state index in [-0.39, 0.29) is 6.23 Å². The molecule has 0 bridgehead atoms. The Morgan fingerprint density at radius 3 is 3.05 bits per heavy atom. The molecular formula is C12H14ClN5O. The molecule has 1 unspecified atom stereocenters. The van der Waals surface area contributed by atoms with E-state index in [1.807, 2.05) is 10.9 Å². The van der Waals surface area contributed by atoms with E-state index in [9.17, 15) is 0 Å². The topological polar surface area (TPSA) is 78.9 Å². The normalized spacial score (nSPS) is 19.5. The summed E-state index contributed by atoms with van der Waals surface area (Å²) in [6.45, 7) is 0.782. The second-order valence-corrected chi connectivity index (χ2v) is 4.88. The summed E-state index contributed by atoms with van der Waals surface area (Å²) in [5.41, 5.74) is 7.41. The van der Waals surface area contributed by atoms with Crippen LogP contribution in [0.3, 0.4) is 0 Å². The molecule has 3 rings (SSSR count). The van der Waals surface area contributed by atoms with Crippen molar-refractivity contribution in [2.45, 2.75) is 25.5 Å². The Hall–Kier alpha value is -1.66. The molecule has 1 fully saturated rings. The summed E-state index contributed by atoms with van der Waals surface area (Å²) in [5, 5.41) is 12.1. The zero-order chi connectivity index (χ0) is 13.2. The maximum atomic E-state index is 5.84. The molecule has 6 nitrogen and oxygen atoms in total. The van der Waals surface area contributed by atoms with E-state index in [1.165, 1.54) is 0 Å². The predicted molar refractivity (Wildman–Crippen MR) is 71.5 cm³/mol. The molecule has 19 heavy (non-hydrogen) atoms. The average Bonchev–Trinajstić information content (AvgIpc) is 2.92. The molecule has 2 N–H and O–H groups in total. The number of halogens is 1. The predicted octanol–water partition coefficient (Wildman–Crippen LogP) is 2.27. The fourth-order valence-electron chi connectivity index (χ4n) is 2.18. The molecule has 100 valence electrons. The van der Waals surface area contributed by atoms with Gasteiger partial charge in [0.2, 0.25) is 0 Å². The molecule has 0 radical (unpaired) electrons. The molecule has 0 amide bonds. The summed E-state index contributed by atoms with van der Waals surface area (Å²) in [4.78, 5) is 0. The van der Waals surface area contributed by atoms with Gasteiger partial charge in [0.15, 0.2) is 11.0 Å². The Labute approximate surface area is 115 Å². The number of nitrogens with zero attached hydrogens (tertiary/aromatic N) is 4. The molecule has 7 heteroatoms. The average molecular weight is 280 g/mol. The van der Waals surface area contributed by atoms with E-state index < -0.39 is 0 Å². The van der Waals surface area contributed by atoms with Crippen molar-refractivity contribution >= 4 is 17.4 Å². The molecule has 1 aliphatic rings. The second kappa shape index (κ2) is 5.14. The Morgan fingerprint density at radius 1 is 1.37 bits per heavy atom. The van der Waals surface area contributed by atoms with Gasteiger partial charge in [-0.3, -0.25) is 0 Å². The van der Waals surface area contributed by atoms with Crippen LogP contribution in [0.15, 0.2) is 18.5 Å². The third kappa shape index (κ3) is 2.54. The highest BCUT2D eigenvalue weighted by Crippen LogP contribution is 2.28. The zero-order valence-electron chi connectivity index (χ0n) is 10.3. The van der Waals surface area contributed by atoms with E-state index in [0.29, 0.717) is 11.0 Å².